The second-order valence-corrected chi connectivity index (χ2v) is 43.2. The SMILES string of the molecule is CCCCCCCCCCCCCCOC(=O)CCCCCCCCCCCCCCSP(OCCCCCCCCCCCCCC)OC1CCC(C(C)(C)C2CCC(OP(OCCCCCCCCCCCCCC)SCCCCCCCCCCCCCCC(=O)OCCCCCCCCCCCCCC)CC2)CC1. The van der Waals surface area contributed by atoms with Gasteiger partial charge in [-0.15, -0.1) is 0 Å². The lowest BCUT2D eigenvalue weighted by Gasteiger charge is -2.46. The van der Waals surface area contributed by atoms with Gasteiger partial charge in [0.25, 0.3) is 0 Å². The zero-order chi connectivity index (χ0) is 81.0. The first kappa shape index (κ1) is 109. The summed E-state index contributed by atoms with van der Waals surface area (Å²) < 4.78 is 38.7. The Labute approximate surface area is 717 Å². The highest BCUT2D eigenvalue weighted by Gasteiger charge is 2.42. The number of hydrogen-bond donors (Lipinski definition) is 0. The predicted molar refractivity (Wildman–Crippen MR) is 504 cm³/mol. The molecule has 0 spiro atoms. The van der Waals surface area contributed by atoms with Crippen LogP contribution >= 0.6 is 37.9 Å². The van der Waals surface area contributed by atoms with Crippen LogP contribution in [-0.4, -0.2) is 62.1 Å². The van der Waals surface area contributed by atoms with Crippen LogP contribution < -0.4 is 0 Å². The molecule has 672 valence electrons. The van der Waals surface area contributed by atoms with E-state index in [0.29, 0.717) is 43.7 Å². The van der Waals surface area contributed by atoms with Gasteiger partial charge in [-0.25, -0.2) is 0 Å². The highest BCUT2D eigenvalue weighted by atomic mass is 32.7. The number of esters is 2. The molecule has 2 saturated carbocycles. The molecule has 0 saturated heterocycles. The van der Waals surface area contributed by atoms with Crippen LogP contribution in [0.4, 0.5) is 0 Å². The van der Waals surface area contributed by atoms with E-state index in [2.05, 4.69) is 41.5 Å². The summed E-state index contributed by atoms with van der Waals surface area (Å²) in [6.07, 6.45) is 108. The second kappa shape index (κ2) is 87.2. The Morgan fingerprint density at radius 1 is 0.248 bits per heavy atom. The molecule has 0 amide bonds. The first-order chi connectivity index (χ1) is 55.7. The molecule has 2 rings (SSSR count). The molecule has 2 atom stereocenters. The Balaban J connectivity index is 1.69. The summed E-state index contributed by atoms with van der Waals surface area (Å²) in [5, 5.41) is 0. The van der Waals surface area contributed by atoms with Crippen LogP contribution in [0.2, 0.25) is 0 Å². The summed E-state index contributed by atoms with van der Waals surface area (Å²) in [5.41, 5.74) is 0.334. The third kappa shape index (κ3) is 73.6. The molecule has 0 aromatic carbocycles. The van der Waals surface area contributed by atoms with Gasteiger partial charge in [0.1, 0.15) is 0 Å². The Morgan fingerprint density at radius 2 is 0.434 bits per heavy atom. The minimum absolute atomic E-state index is 0.0205. The number of ether oxygens (including phenoxy) is 2. The van der Waals surface area contributed by atoms with Gasteiger partial charge in [0.2, 0.25) is 15.2 Å². The molecule has 8 nitrogen and oxygen atoms in total. The van der Waals surface area contributed by atoms with Gasteiger partial charge in [0.05, 0.1) is 38.6 Å². The monoisotopic (exact) mass is 1670 g/mol. The van der Waals surface area contributed by atoms with Crippen LogP contribution in [0.3, 0.4) is 0 Å². The van der Waals surface area contributed by atoms with Crippen molar-refractivity contribution >= 4 is 49.9 Å². The van der Waals surface area contributed by atoms with E-state index in [1.807, 2.05) is 22.8 Å². The third-order valence-electron chi connectivity index (χ3n) is 25.8. The zero-order valence-electron chi connectivity index (χ0n) is 77.0. The van der Waals surface area contributed by atoms with E-state index in [1.54, 1.807) is 0 Å². The van der Waals surface area contributed by atoms with Crippen molar-refractivity contribution < 1.29 is 37.2 Å². The van der Waals surface area contributed by atoms with Gasteiger partial charge in [-0.05, 0) is 120 Å². The number of carbonyl (C=O) groups excluding carboxylic acids is 2. The van der Waals surface area contributed by atoms with E-state index >= 15 is 0 Å². The lowest BCUT2D eigenvalue weighted by Crippen LogP contribution is -2.38. The van der Waals surface area contributed by atoms with Gasteiger partial charge in [-0.1, -0.05) is 475 Å². The smallest absolute Gasteiger partial charge is 0.305 e. The lowest BCUT2D eigenvalue weighted by molar-refractivity contribution is -0.144. The molecule has 2 aliphatic carbocycles. The quantitative estimate of drug-likeness (QED) is 0.0333. The molecule has 0 N–H and O–H groups in total. The molecule has 0 aliphatic heterocycles. The van der Waals surface area contributed by atoms with Crippen LogP contribution in [0, 0.1) is 17.3 Å². The van der Waals surface area contributed by atoms with E-state index in [1.165, 1.54) is 475 Å². The maximum absolute atomic E-state index is 12.3. The second-order valence-electron chi connectivity index (χ2n) is 36.7. The molecule has 0 bridgehead atoms. The lowest BCUT2D eigenvalue weighted by atomic mass is 9.60. The fourth-order valence-corrected chi connectivity index (χ4v) is 24.2. The largest absolute Gasteiger partial charge is 0.466 e. The van der Waals surface area contributed by atoms with Crippen molar-refractivity contribution in [2.24, 2.45) is 17.3 Å². The molecule has 2 unspecified atom stereocenters. The first-order valence-electron chi connectivity index (χ1n) is 51.5. The molecule has 0 radical (unpaired) electrons. The molecule has 0 aromatic heterocycles. The molecule has 113 heavy (non-hydrogen) atoms. The van der Waals surface area contributed by atoms with E-state index in [4.69, 9.17) is 27.6 Å². The Bertz CT molecular complexity index is 1770. The van der Waals surface area contributed by atoms with Crippen LogP contribution in [0.1, 0.15) is 568 Å². The van der Waals surface area contributed by atoms with Crippen molar-refractivity contribution in [3.05, 3.63) is 0 Å². The van der Waals surface area contributed by atoms with Crippen molar-refractivity contribution in [2.45, 2.75) is 580 Å². The first-order valence-corrected chi connectivity index (χ1v) is 57.0. The summed E-state index contributed by atoms with van der Waals surface area (Å²) in [7, 11) is -1.82. The van der Waals surface area contributed by atoms with Gasteiger partial charge in [0.15, 0.2) is 0 Å². The number of carbonyl (C=O) groups is 2. The van der Waals surface area contributed by atoms with Crippen LogP contribution in [0.15, 0.2) is 0 Å². The fraction of sp³-hybridized carbons (Fsp3) is 0.980. The van der Waals surface area contributed by atoms with E-state index in [9.17, 15) is 9.59 Å². The Hall–Kier alpha value is 0.340. The van der Waals surface area contributed by atoms with Crippen LogP contribution in [0.25, 0.3) is 0 Å². The number of hydrogen-bond acceptors (Lipinski definition) is 10. The topological polar surface area (TPSA) is 89.5 Å². The molecule has 0 aromatic rings. The Kier molecular flexibility index (Phi) is 84.5. The number of unbranched alkanes of at least 4 members (excludes halogenated alkanes) is 66. The summed E-state index contributed by atoms with van der Waals surface area (Å²) in [6, 6.07) is 0. The predicted octanol–water partition coefficient (Wildman–Crippen LogP) is 37.2. The van der Waals surface area contributed by atoms with E-state index < -0.39 is 15.2 Å². The molecular weight excluding hydrogens is 1470 g/mol. The average molecular weight is 1670 g/mol. The molecule has 0 heterocycles. The average Bonchev–Trinajstić information content (AvgIpc) is 0.802. The highest BCUT2D eigenvalue weighted by Crippen LogP contribution is 2.58. The third-order valence-corrected chi connectivity index (χ3v) is 32.4. The summed E-state index contributed by atoms with van der Waals surface area (Å²) in [5.74, 6) is 3.88. The van der Waals surface area contributed by atoms with Gasteiger partial charge >= 0.3 is 11.9 Å². The van der Waals surface area contributed by atoms with Gasteiger partial charge in [-0.2, -0.15) is 0 Å². The van der Waals surface area contributed by atoms with Crippen LogP contribution in [-0.2, 0) is 37.2 Å². The normalized spacial score (nSPS) is 16.7. The molecule has 12 heteroatoms. The molecular formula is C101H198O8P2S2. The van der Waals surface area contributed by atoms with Gasteiger partial charge < -0.3 is 27.6 Å². The molecule has 2 aliphatic rings. The highest BCUT2D eigenvalue weighted by molar-refractivity contribution is 8.53. The van der Waals surface area contributed by atoms with E-state index in [0.717, 1.165) is 75.1 Å². The summed E-state index contributed by atoms with van der Waals surface area (Å²) in [4.78, 5) is 24.6. The summed E-state index contributed by atoms with van der Waals surface area (Å²) >= 11 is 4.04. The van der Waals surface area contributed by atoms with Gasteiger partial charge in [-0.3, -0.25) is 9.59 Å². The summed E-state index contributed by atoms with van der Waals surface area (Å²) in [6.45, 7) is 17.4. The van der Waals surface area contributed by atoms with E-state index in [-0.39, 0.29) is 11.9 Å². The zero-order valence-corrected chi connectivity index (χ0v) is 80.4. The minimum atomic E-state index is -0.912. The number of rotatable bonds is 92. The van der Waals surface area contributed by atoms with Crippen LogP contribution in [0.5, 0.6) is 0 Å². The minimum Gasteiger partial charge on any atom is -0.466 e. The van der Waals surface area contributed by atoms with Crippen molar-refractivity contribution in [1.82, 2.24) is 0 Å². The van der Waals surface area contributed by atoms with Gasteiger partial charge in [0, 0.05) is 24.3 Å². The standard InChI is InChI=1S/C101H198O8P2S2/c1-7-11-15-19-23-27-31-41-49-57-65-73-89-104-99(102)79-71-63-55-47-39-35-37-45-53-61-69-77-93-112-110(106-91-75-67-59-51-43-33-29-25-21-17-13-9-3)108-97-85-81-95(82-86-97)101(5,6)96-83-87-98(88-84-96)109-111(107-92-76-68-60-52-44-34-30-26-22-18-14-10-4)113-94-78-70-62-54-46-38-36-40-48-56-64-72-80-100(103)105-90-74-66-58-50-42-32-28-24-20-16-12-8-2/h95-98H,7-94H2,1-6H3. The fourth-order valence-electron chi connectivity index (χ4n) is 17.7. The van der Waals surface area contributed by atoms with Crippen molar-refractivity contribution in [1.29, 1.82) is 0 Å². The maximum atomic E-state index is 12.3. The molecule has 2 fully saturated rings. The maximum Gasteiger partial charge on any atom is 0.305 e. The van der Waals surface area contributed by atoms with Crippen molar-refractivity contribution in [3.8, 4) is 0 Å². The Morgan fingerprint density at radius 3 is 0.655 bits per heavy atom. The van der Waals surface area contributed by atoms with Crippen molar-refractivity contribution in [2.75, 3.05) is 37.9 Å². The van der Waals surface area contributed by atoms with Crippen molar-refractivity contribution in [3.63, 3.8) is 0 Å².